The van der Waals surface area contributed by atoms with E-state index >= 15 is 0 Å². The first kappa shape index (κ1) is 18.1. The van der Waals surface area contributed by atoms with Crippen molar-refractivity contribution >= 4 is 22.0 Å². The van der Waals surface area contributed by atoms with Crippen molar-refractivity contribution in [3.05, 3.63) is 28.0 Å². The van der Waals surface area contributed by atoms with E-state index in [-0.39, 0.29) is 11.2 Å². The van der Waals surface area contributed by atoms with Gasteiger partial charge in [-0.25, -0.2) is 13.6 Å². The minimum Gasteiger partial charge on any atom is -0.465 e. The molecule has 0 saturated carbocycles. The summed E-state index contributed by atoms with van der Waals surface area (Å²) in [6, 6.07) is 3.34. The lowest BCUT2D eigenvalue weighted by molar-refractivity contribution is 0.0509. The maximum absolute atomic E-state index is 13.0. The maximum atomic E-state index is 13.0. The molecule has 0 spiro atoms. The molecular formula is C15H20BrF2N3O2. The Balaban J connectivity index is 2.07. The number of hydrogen-bond donors (Lipinski definition) is 1. The molecule has 1 aromatic rings. The zero-order valence-corrected chi connectivity index (χ0v) is 14.7. The Morgan fingerprint density at radius 2 is 1.96 bits per heavy atom. The number of amides is 1. The number of carbonyl (C=O) groups is 1. The molecule has 1 saturated heterocycles. The Bertz CT molecular complexity index is 576. The third kappa shape index (κ3) is 4.38. The van der Waals surface area contributed by atoms with Gasteiger partial charge in [0.15, 0.2) is 0 Å². The summed E-state index contributed by atoms with van der Waals surface area (Å²) in [6.07, 6.45) is -3.00. The first-order valence-electron chi connectivity index (χ1n) is 7.37. The Hall–Kier alpha value is -1.28. The predicted molar refractivity (Wildman–Crippen MR) is 85.8 cm³/mol. The lowest BCUT2D eigenvalue weighted by atomic mass is 9.94. The smallest absolute Gasteiger partial charge is 0.407 e. The summed E-state index contributed by atoms with van der Waals surface area (Å²) in [4.78, 5) is 18.6. The molecule has 1 amide bonds. The van der Waals surface area contributed by atoms with E-state index < -0.39 is 12.5 Å². The highest BCUT2D eigenvalue weighted by Gasteiger charge is 2.32. The maximum Gasteiger partial charge on any atom is 0.407 e. The van der Waals surface area contributed by atoms with Gasteiger partial charge in [-0.1, -0.05) is 0 Å². The summed E-state index contributed by atoms with van der Waals surface area (Å²) >= 11 is 3.09. The zero-order valence-electron chi connectivity index (χ0n) is 13.1. The van der Waals surface area contributed by atoms with E-state index in [1.807, 2.05) is 13.8 Å². The average molecular weight is 392 g/mol. The number of pyridine rings is 1. The molecule has 23 heavy (non-hydrogen) atoms. The van der Waals surface area contributed by atoms with E-state index in [1.54, 1.807) is 12.1 Å². The monoisotopic (exact) mass is 391 g/mol. The number of carboxylic acid groups (broad SMARTS) is 1. The molecule has 0 aliphatic carbocycles. The van der Waals surface area contributed by atoms with E-state index in [0.29, 0.717) is 42.8 Å². The summed E-state index contributed by atoms with van der Waals surface area (Å²) < 4.78 is 26.2. The quantitative estimate of drug-likeness (QED) is 0.854. The largest absolute Gasteiger partial charge is 0.465 e. The first-order chi connectivity index (χ1) is 10.7. The van der Waals surface area contributed by atoms with E-state index in [4.69, 9.17) is 5.11 Å². The van der Waals surface area contributed by atoms with Crippen LogP contribution in [0.5, 0.6) is 0 Å². The second-order valence-corrected chi connectivity index (χ2v) is 7.07. The first-order valence-corrected chi connectivity index (χ1v) is 8.16. The van der Waals surface area contributed by atoms with Crippen LogP contribution in [0.1, 0.15) is 31.7 Å². The van der Waals surface area contributed by atoms with Gasteiger partial charge >= 0.3 is 6.09 Å². The molecule has 0 unspecified atom stereocenters. The second kappa shape index (κ2) is 7.09. The summed E-state index contributed by atoms with van der Waals surface area (Å²) in [5.74, 6) is 0. The lowest BCUT2D eigenvalue weighted by Crippen LogP contribution is -2.56. The van der Waals surface area contributed by atoms with Crippen LogP contribution in [0, 0.1) is 0 Å². The molecule has 2 rings (SSSR count). The van der Waals surface area contributed by atoms with Gasteiger partial charge in [0.1, 0.15) is 5.69 Å². The zero-order chi connectivity index (χ0) is 17.2. The molecule has 1 fully saturated rings. The molecular weight excluding hydrogens is 372 g/mol. The van der Waals surface area contributed by atoms with Crippen LogP contribution in [0.3, 0.4) is 0 Å². The van der Waals surface area contributed by atoms with E-state index in [0.717, 1.165) is 0 Å². The SMILES string of the molecule is CC(C)(Cc1ccc(Br)c(C(F)F)n1)N1CCN(C(=O)O)CC1. The summed E-state index contributed by atoms with van der Waals surface area (Å²) in [5, 5.41) is 8.99. The average Bonchev–Trinajstić information content (AvgIpc) is 2.48. The number of aromatic nitrogens is 1. The van der Waals surface area contributed by atoms with Gasteiger partial charge in [-0.3, -0.25) is 9.88 Å². The fraction of sp³-hybridized carbons (Fsp3) is 0.600. The molecule has 1 aromatic heterocycles. The van der Waals surface area contributed by atoms with Crippen molar-refractivity contribution in [1.82, 2.24) is 14.8 Å². The Labute approximate surface area is 142 Å². The Kier molecular flexibility index (Phi) is 5.57. The van der Waals surface area contributed by atoms with Gasteiger partial charge in [-0.15, -0.1) is 0 Å². The topological polar surface area (TPSA) is 56.7 Å². The summed E-state index contributed by atoms with van der Waals surface area (Å²) in [6.45, 7) is 6.20. The summed E-state index contributed by atoms with van der Waals surface area (Å²) in [7, 11) is 0. The van der Waals surface area contributed by atoms with Gasteiger partial charge in [-0.2, -0.15) is 0 Å². The highest BCUT2D eigenvalue weighted by Crippen LogP contribution is 2.28. The van der Waals surface area contributed by atoms with Crippen molar-refractivity contribution in [2.45, 2.75) is 32.2 Å². The molecule has 5 nitrogen and oxygen atoms in total. The summed E-state index contributed by atoms with van der Waals surface area (Å²) in [5.41, 5.74) is 0.0771. The minimum absolute atomic E-state index is 0.242. The van der Waals surface area contributed by atoms with Gasteiger partial charge in [-0.05, 0) is 41.9 Å². The highest BCUT2D eigenvalue weighted by molar-refractivity contribution is 9.10. The van der Waals surface area contributed by atoms with Crippen molar-refractivity contribution in [2.75, 3.05) is 26.2 Å². The van der Waals surface area contributed by atoms with Crippen LogP contribution < -0.4 is 0 Å². The van der Waals surface area contributed by atoms with Gasteiger partial charge in [0, 0.05) is 48.3 Å². The Morgan fingerprint density at radius 1 is 1.35 bits per heavy atom. The number of rotatable bonds is 4. The molecule has 1 aliphatic rings. The van der Waals surface area contributed by atoms with Gasteiger partial charge in [0.25, 0.3) is 6.43 Å². The van der Waals surface area contributed by atoms with Crippen molar-refractivity contribution in [1.29, 1.82) is 0 Å². The molecule has 8 heteroatoms. The predicted octanol–water partition coefficient (Wildman–Crippen LogP) is 3.40. The minimum atomic E-state index is -2.62. The van der Waals surface area contributed by atoms with E-state index in [2.05, 4.69) is 25.8 Å². The Morgan fingerprint density at radius 3 is 2.48 bits per heavy atom. The van der Waals surface area contributed by atoms with Crippen molar-refractivity contribution in [2.24, 2.45) is 0 Å². The van der Waals surface area contributed by atoms with Crippen LogP contribution in [0.15, 0.2) is 16.6 Å². The molecule has 0 aromatic carbocycles. The van der Waals surface area contributed by atoms with E-state index in [1.165, 1.54) is 4.90 Å². The molecule has 0 radical (unpaired) electrons. The molecule has 1 aliphatic heterocycles. The molecule has 1 N–H and O–H groups in total. The van der Waals surface area contributed by atoms with Crippen LogP contribution in [0.2, 0.25) is 0 Å². The highest BCUT2D eigenvalue weighted by atomic mass is 79.9. The standard InChI is InChI=1S/C15H20BrF2N3O2/c1-15(2,21-7-5-20(6-8-21)14(22)23)9-10-3-4-11(16)12(19-10)13(17)18/h3-4,13H,5-9H2,1-2H3,(H,22,23). The number of piperazine rings is 1. The lowest BCUT2D eigenvalue weighted by Gasteiger charge is -2.43. The third-order valence-corrected chi connectivity index (χ3v) is 4.83. The van der Waals surface area contributed by atoms with Crippen LogP contribution >= 0.6 is 15.9 Å². The second-order valence-electron chi connectivity index (χ2n) is 6.22. The molecule has 0 atom stereocenters. The molecule has 128 valence electrons. The van der Waals surface area contributed by atoms with Gasteiger partial charge in [0.05, 0.1) is 0 Å². The molecule has 0 bridgehead atoms. The van der Waals surface area contributed by atoms with Gasteiger partial charge < -0.3 is 10.0 Å². The van der Waals surface area contributed by atoms with E-state index in [9.17, 15) is 13.6 Å². The van der Waals surface area contributed by atoms with Crippen molar-refractivity contribution in [3.8, 4) is 0 Å². The third-order valence-electron chi connectivity index (χ3n) is 4.16. The fourth-order valence-electron chi connectivity index (χ4n) is 2.81. The fourth-order valence-corrected chi connectivity index (χ4v) is 3.20. The normalized spacial score (nSPS) is 16.9. The van der Waals surface area contributed by atoms with Crippen LogP contribution in [-0.2, 0) is 6.42 Å². The van der Waals surface area contributed by atoms with Gasteiger partial charge in [0.2, 0.25) is 0 Å². The van der Waals surface area contributed by atoms with Crippen LogP contribution in [-0.4, -0.2) is 57.7 Å². The number of alkyl halides is 2. The van der Waals surface area contributed by atoms with Crippen molar-refractivity contribution < 1.29 is 18.7 Å². The van der Waals surface area contributed by atoms with Crippen molar-refractivity contribution in [3.63, 3.8) is 0 Å². The number of hydrogen-bond acceptors (Lipinski definition) is 3. The van der Waals surface area contributed by atoms with Crippen LogP contribution in [0.25, 0.3) is 0 Å². The number of halogens is 3. The molecule has 2 heterocycles. The van der Waals surface area contributed by atoms with Crippen LogP contribution in [0.4, 0.5) is 13.6 Å². The number of nitrogens with zero attached hydrogens (tertiary/aromatic N) is 3.